The van der Waals surface area contributed by atoms with Crippen molar-refractivity contribution in [1.29, 1.82) is 0 Å². The third-order valence-electron chi connectivity index (χ3n) is 5.14. The molecule has 6 nitrogen and oxygen atoms in total. The molecule has 1 amide bonds. The second-order valence-electron chi connectivity index (χ2n) is 7.00. The Morgan fingerprint density at radius 3 is 2.73 bits per heavy atom. The average molecular weight is 311 g/mol. The molecule has 2 heterocycles. The molecule has 126 valence electrons. The smallest absolute Gasteiger partial charge is 0.233 e. The van der Waals surface area contributed by atoms with E-state index in [-0.39, 0.29) is 11.5 Å². The van der Waals surface area contributed by atoms with Crippen LogP contribution in [0.3, 0.4) is 0 Å². The molecule has 0 aromatic carbocycles. The van der Waals surface area contributed by atoms with Gasteiger partial charge < -0.3 is 14.8 Å². The number of morpholine rings is 1. The van der Waals surface area contributed by atoms with E-state index in [1.807, 2.05) is 0 Å². The van der Waals surface area contributed by atoms with E-state index in [4.69, 9.17) is 9.47 Å². The fourth-order valence-corrected chi connectivity index (χ4v) is 3.70. The Morgan fingerprint density at radius 2 is 2.00 bits per heavy atom. The molecule has 3 rings (SSSR count). The van der Waals surface area contributed by atoms with Crippen molar-refractivity contribution in [3.05, 3.63) is 0 Å². The van der Waals surface area contributed by atoms with E-state index >= 15 is 0 Å². The first kappa shape index (κ1) is 16.2. The molecule has 6 heteroatoms. The minimum Gasteiger partial charge on any atom is -0.377 e. The van der Waals surface area contributed by atoms with Gasteiger partial charge in [-0.3, -0.25) is 14.6 Å². The number of nitrogens with zero attached hydrogens (tertiary/aromatic N) is 2. The van der Waals surface area contributed by atoms with Gasteiger partial charge in [0.2, 0.25) is 5.91 Å². The molecule has 1 saturated carbocycles. The van der Waals surface area contributed by atoms with Crippen LogP contribution in [0.1, 0.15) is 19.3 Å². The van der Waals surface area contributed by atoms with E-state index in [0.717, 1.165) is 38.7 Å². The molecule has 1 N–H and O–H groups in total. The van der Waals surface area contributed by atoms with Gasteiger partial charge in [0.15, 0.2) is 0 Å². The van der Waals surface area contributed by atoms with E-state index in [2.05, 4.69) is 15.1 Å². The van der Waals surface area contributed by atoms with E-state index in [9.17, 15) is 4.79 Å². The first-order valence-corrected chi connectivity index (χ1v) is 8.56. The average Bonchev–Trinajstić information content (AvgIpc) is 2.65. The number of ether oxygens (including phenoxy) is 2. The van der Waals surface area contributed by atoms with Gasteiger partial charge in [0.25, 0.3) is 0 Å². The molecule has 1 spiro atoms. The third kappa shape index (κ3) is 3.98. The molecule has 0 radical (unpaired) electrons. The third-order valence-corrected chi connectivity index (χ3v) is 5.14. The van der Waals surface area contributed by atoms with Crippen LogP contribution in [0.25, 0.3) is 0 Å². The van der Waals surface area contributed by atoms with Gasteiger partial charge in [-0.15, -0.1) is 0 Å². The van der Waals surface area contributed by atoms with E-state index in [0.29, 0.717) is 19.8 Å². The van der Waals surface area contributed by atoms with Gasteiger partial charge in [0, 0.05) is 39.8 Å². The summed E-state index contributed by atoms with van der Waals surface area (Å²) in [5.74, 6) is 0.933. The van der Waals surface area contributed by atoms with Crippen LogP contribution in [0.2, 0.25) is 0 Å². The molecule has 3 fully saturated rings. The lowest BCUT2D eigenvalue weighted by Crippen LogP contribution is -2.60. The second-order valence-corrected chi connectivity index (χ2v) is 7.00. The van der Waals surface area contributed by atoms with E-state index in [1.54, 1.807) is 7.05 Å². The first-order valence-electron chi connectivity index (χ1n) is 8.56. The highest BCUT2D eigenvalue weighted by molar-refractivity contribution is 5.77. The summed E-state index contributed by atoms with van der Waals surface area (Å²) in [5, 5.41) is 2.70. The summed E-state index contributed by atoms with van der Waals surface area (Å²) >= 11 is 0. The van der Waals surface area contributed by atoms with Crippen LogP contribution < -0.4 is 5.32 Å². The number of likely N-dealkylation sites (N-methyl/N-ethyl adjacent to an activating group) is 1. The molecule has 2 aliphatic heterocycles. The number of amides is 1. The number of hydrogen-bond acceptors (Lipinski definition) is 5. The van der Waals surface area contributed by atoms with Gasteiger partial charge in [-0.2, -0.15) is 0 Å². The van der Waals surface area contributed by atoms with Crippen LogP contribution in [0.5, 0.6) is 0 Å². The first-order chi connectivity index (χ1) is 10.7. The Morgan fingerprint density at radius 1 is 1.23 bits per heavy atom. The summed E-state index contributed by atoms with van der Waals surface area (Å²) in [6, 6.07) is 0. The Labute approximate surface area is 133 Å². The Balaban J connectivity index is 1.59. The quantitative estimate of drug-likeness (QED) is 0.788. The fourth-order valence-electron chi connectivity index (χ4n) is 3.70. The molecule has 2 saturated heterocycles. The molecule has 3 aliphatic rings. The maximum atomic E-state index is 11.7. The van der Waals surface area contributed by atoms with Crippen molar-refractivity contribution in [3.63, 3.8) is 0 Å². The largest absolute Gasteiger partial charge is 0.377 e. The van der Waals surface area contributed by atoms with Crippen LogP contribution in [0.4, 0.5) is 0 Å². The summed E-state index contributed by atoms with van der Waals surface area (Å²) in [5.41, 5.74) is -0.271. The Hall–Kier alpha value is -0.690. The SMILES string of the molecule is CNC(=O)CN1CCOCC2(C1)CN(CC1CCC1)CCO2. The molecule has 0 aromatic heterocycles. The summed E-state index contributed by atoms with van der Waals surface area (Å²) in [4.78, 5) is 16.4. The molecule has 1 aliphatic carbocycles. The van der Waals surface area contributed by atoms with E-state index in [1.165, 1.54) is 25.8 Å². The minimum atomic E-state index is -0.271. The zero-order chi connectivity index (χ0) is 15.4. The van der Waals surface area contributed by atoms with Gasteiger partial charge >= 0.3 is 0 Å². The zero-order valence-corrected chi connectivity index (χ0v) is 13.7. The summed E-state index contributed by atoms with van der Waals surface area (Å²) in [6.45, 7) is 7.21. The molecule has 1 atom stereocenters. The van der Waals surface area contributed by atoms with Gasteiger partial charge in [0.05, 0.1) is 26.4 Å². The number of carbonyl (C=O) groups excluding carboxylic acids is 1. The van der Waals surface area contributed by atoms with Crippen LogP contribution in [0, 0.1) is 5.92 Å². The zero-order valence-electron chi connectivity index (χ0n) is 13.7. The van der Waals surface area contributed by atoms with Crippen molar-refractivity contribution in [1.82, 2.24) is 15.1 Å². The van der Waals surface area contributed by atoms with Crippen LogP contribution >= 0.6 is 0 Å². The summed E-state index contributed by atoms with van der Waals surface area (Å²) in [7, 11) is 1.68. The maximum Gasteiger partial charge on any atom is 0.233 e. The van der Waals surface area contributed by atoms with Crippen LogP contribution in [0.15, 0.2) is 0 Å². The van der Waals surface area contributed by atoms with Crippen LogP contribution in [-0.4, -0.2) is 87.4 Å². The number of carbonyl (C=O) groups is 1. The predicted molar refractivity (Wildman–Crippen MR) is 83.8 cm³/mol. The van der Waals surface area contributed by atoms with Crippen LogP contribution in [-0.2, 0) is 14.3 Å². The lowest BCUT2D eigenvalue weighted by Gasteiger charge is -2.45. The molecule has 22 heavy (non-hydrogen) atoms. The molecule has 1 unspecified atom stereocenters. The van der Waals surface area contributed by atoms with Gasteiger partial charge in [-0.1, -0.05) is 6.42 Å². The molecule has 0 bridgehead atoms. The molecular formula is C16H29N3O3. The highest BCUT2D eigenvalue weighted by atomic mass is 16.5. The van der Waals surface area contributed by atoms with Crippen molar-refractivity contribution in [2.45, 2.75) is 24.9 Å². The fraction of sp³-hybridized carbons (Fsp3) is 0.938. The molecular weight excluding hydrogens is 282 g/mol. The normalized spacial score (nSPS) is 31.7. The minimum absolute atomic E-state index is 0.0548. The second kappa shape index (κ2) is 7.25. The maximum absolute atomic E-state index is 11.7. The monoisotopic (exact) mass is 311 g/mol. The van der Waals surface area contributed by atoms with Gasteiger partial charge in [-0.05, 0) is 18.8 Å². The highest BCUT2D eigenvalue weighted by Gasteiger charge is 2.41. The number of nitrogens with one attached hydrogen (secondary N) is 1. The summed E-state index contributed by atoms with van der Waals surface area (Å²) in [6.07, 6.45) is 4.15. The molecule has 0 aromatic rings. The lowest BCUT2D eigenvalue weighted by molar-refractivity contribution is -0.145. The predicted octanol–water partition coefficient (Wildman–Crippen LogP) is -0.0643. The summed E-state index contributed by atoms with van der Waals surface area (Å²) < 4.78 is 12.0. The topological polar surface area (TPSA) is 54.0 Å². The van der Waals surface area contributed by atoms with Gasteiger partial charge in [0.1, 0.15) is 5.60 Å². The lowest BCUT2D eigenvalue weighted by atomic mass is 9.84. The number of hydrogen-bond donors (Lipinski definition) is 1. The standard InChI is InChI=1S/C16H29N3O3/c1-17-15(20)10-19-5-7-21-13-16(12-19)11-18(6-8-22-16)9-14-3-2-4-14/h14H,2-13H2,1H3,(H,17,20). The van der Waals surface area contributed by atoms with Crippen molar-refractivity contribution >= 4 is 5.91 Å². The number of rotatable bonds is 4. The Kier molecular flexibility index (Phi) is 5.33. The van der Waals surface area contributed by atoms with Crippen molar-refractivity contribution in [2.24, 2.45) is 5.92 Å². The Bertz CT molecular complexity index is 389. The van der Waals surface area contributed by atoms with E-state index < -0.39 is 0 Å². The van der Waals surface area contributed by atoms with Crippen molar-refractivity contribution in [3.8, 4) is 0 Å². The van der Waals surface area contributed by atoms with Crippen molar-refractivity contribution < 1.29 is 14.3 Å². The van der Waals surface area contributed by atoms with Crippen molar-refractivity contribution in [2.75, 3.05) is 66.1 Å². The van der Waals surface area contributed by atoms with Gasteiger partial charge in [-0.25, -0.2) is 0 Å². The highest BCUT2D eigenvalue weighted by Crippen LogP contribution is 2.29.